The first-order valence-corrected chi connectivity index (χ1v) is 5.62. The highest BCUT2D eigenvalue weighted by Crippen LogP contribution is 2.09. The van der Waals surface area contributed by atoms with Crippen molar-refractivity contribution in [3.8, 4) is 0 Å². The molecule has 4 heteroatoms. The maximum absolute atomic E-state index is 13.0. The lowest BCUT2D eigenvalue weighted by Crippen LogP contribution is -2.29. The SMILES string of the molecule is NN(Cc1cccc(F)c1)Cc1cccc(F)c1. The van der Waals surface area contributed by atoms with Crippen LogP contribution in [0.5, 0.6) is 0 Å². The van der Waals surface area contributed by atoms with Crippen molar-refractivity contribution in [3.63, 3.8) is 0 Å². The average molecular weight is 248 g/mol. The molecule has 0 fully saturated rings. The topological polar surface area (TPSA) is 29.3 Å². The van der Waals surface area contributed by atoms with E-state index < -0.39 is 0 Å². The third-order valence-electron chi connectivity index (χ3n) is 2.55. The lowest BCUT2D eigenvalue weighted by Gasteiger charge is -2.16. The second kappa shape index (κ2) is 5.71. The zero-order valence-electron chi connectivity index (χ0n) is 9.81. The standard InChI is InChI=1S/C14H14F2N2/c15-13-5-1-3-11(7-13)9-18(17)10-12-4-2-6-14(16)8-12/h1-8H,9-10,17H2. The number of benzene rings is 2. The van der Waals surface area contributed by atoms with Crippen molar-refractivity contribution >= 4 is 0 Å². The van der Waals surface area contributed by atoms with Crippen molar-refractivity contribution in [1.82, 2.24) is 5.01 Å². The molecular formula is C14H14F2N2. The minimum atomic E-state index is -0.286. The van der Waals surface area contributed by atoms with Gasteiger partial charge < -0.3 is 0 Å². The maximum Gasteiger partial charge on any atom is 0.123 e. The van der Waals surface area contributed by atoms with Crippen LogP contribution in [-0.2, 0) is 13.1 Å². The Morgan fingerprint density at radius 3 is 1.67 bits per heavy atom. The van der Waals surface area contributed by atoms with Crippen LogP contribution in [0.2, 0.25) is 0 Å². The van der Waals surface area contributed by atoms with Crippen molar-refractivity contribution in [1.29, 1.82) is 0 Å². The molecular weight excluding hydrogens is 234 g/mol. The Balaban J connectivity index is 1.98. The molecule has 0 saturated heterocycles. The lowest BCUT2D eigenvalue weighted by atomic mass is 10.2. The summed E-state index contributed by atoms with van der Waals surface area (Å²) in [6.45, 7) is 0.822. The lowest BCUT2D eigenvalue weighted by molar-refractivity contribution is 0.265. The Morgan fingerprint density at radius 1 is 0.833 bits per heavy atom. The predicted molar refractivity (Wildman–Crippen MR) is 66.2 cm³/mol. The molecule has 0 heterocycles. The minimum Gasteiger partial charge on any atom is -0.268 e. The van der Waals surface area contributed by atoms with E-state index in [0.29, 0.717) is 13.1 Å². The first-order valence-electron chi connectivity index (χ1n) is 5.62. The molecule has 0 spiro atoms. The number of hydrogen-bond donors (Lipinski definition) is 1. The van der Waals surface area contributed by atoms with Crippen LogP contribution in [-0.4, -0.2) is 5.01 Å². The number of nitrogens with zero attached hydrogens (tertiary/aromatic N) is 1. The number of nitrogens with two attached hydrogens (primary N) is 1. The molecule has 18 heavy (non-hydrogen) atoms. The highest BCUT2D eigenvalue weighted by atomic mass is 19.1. The van der Waals surface area contributed by atoms with E-state index in [0.717, 1.165) is 11.1 Å². The third kappa shape index (κ3) is 3.61. The van der Waals surface area contributed by atoms with Gasteiger partial charge in [-0.2, -0.15) is 0 Å². The molecule has 0 aliphatic carbocycles. The zero-order chi connectivity index (χ0) is 13.0. The molecule has 0 aromatic heterocycles. The van der Waals surface area contributed by atoms with Crippen LogP contribution in [0, 0.1) is 11.6 Å². The van der Waals surface area contributed by atoms with Crippen LogP contribution in [0.1, 0.15) is 11.1 Å². The maximum atomic E-state index is 13.0. The number of rotatable bonds is 4. The Bertz CT molecular complexity index is 481. The van der Waals surface area contributed by atoms with Gasteiger partial charge in [-0.15, -0.1) is 0 Å². The fraction of sp³-hybridized carbons (Fsp3) is 0.143. The summed E-state index contributed by atoms with van der Waals surface area (Å²) in [6.07, 6.45) is 0. The van der Waals surface area contributed by atoms with Gasteiger partial charge in [0, 0.05) is 13.1 Å². The molecule has 2 nitrogen and oxygen atoms in total. The van der Waals surface area contributed by atoms with Gasteiger partial charge in [-0.3, -0.25) is 5.84 Å². The summed E-state index contributed by atoms with van der Waals surface area (Å²) in [5.74, 6) is 5.26. The number of hydrogen-bond acceptors (Lipinski definition) is 2. The van der Waals surface area contributed by atoms with E-state index in [9.17, 15) is 8.78 Å². The summed E-state index contributed by atoms with van der Waals surface area (Å²) < 4.78 is 26.0. The second-order valence-corrected chi connectivity index (χ2v) is 4.16. The first kappa shape index (κ1) is 12.7. The van der Waals surface area contributed by atoms with Crippen LogP contribution < -0.4 is 5.84 Å². The molecule has 2 N–H and O–H groups in total. The van der Waals surface area contributed by atoms with Gasteiger partial charge in [0.2, 0.25) is 0 Å². The van der Waals surface area contributed by atoms with E-state index in [1.165, 1.54) is 29.3 Å². The van der Waals surface area contributed by atoms with Gasteiger partial charge in [-0.1, -0.05) is 24.3 Å². The normalized spacial score (nSPS) is 10.9. The predicted octanol–water partition coefficient (Wildman–Crippen LogP) is 2.84. The first-order chi connectivity index (χ1) is 8.63. The Kier molecular flexibility index (Phi) is 4.02. The van der Waals surface area contributed by atoms with Crippen molar-refractivity contribution in [2.45, 2.75) is 13.1 Å². The van der Waals surface area contributed by atoms with E-state index in [4.69, 9.17) is 5.84 Å². The second-order valence-electron chi connectivity index (χ2n) is 4.16. The van der Waals surface area contributed by atoms with E-state index in [1.54, 1.807) is 24.3 Å². The number of hydrazine groups is 1. The molecule has 0 bridgehead atoms. The van der Waals surface area contributed by atoms with Crippen molar-refractivity contribution in [2.75, 3.05) is 0 Å². The molecule has 2 aromatic carbocycles. The van der Waals surface area contributed by atoms with Crippen LogP contribution in [0.4, 0.5) is 8.78 Å². The smallest absolute Gasteiger partial charge is 0.123 e. The monoisotopic (exact) mass is 248 g/mol. The minimum absolute atomic E-state index is 0.286. The van der Waals surface area contributed by atoms with Crippen molar-refractivity contribution in [2.24, 2.45) is 5.84 Å². The van der Waals surface area contributed by atoms with Crippen LogP contribution in [0.25, 0.3) is 0 Å². The Labute approximate surface area is 105 Å². The summed E-state index contributed by atoms with van der Waals surface area (Å²) in [7, 11) is 0. The van der Waals surface area contributed by atoms with E-state index >= 15 is 0 Å². The fourth-order valence-electron chi connectivity index (χ4n) is 1.80. The van der Waals surface area contributed by atoms with Crippen molar-refractivity contribution in [3.05, 3.63) is 71.3 Å². The van der Waals surface area contributed by atoms with E-state index in [2.05, 4.69) is 0 Å². The van der Waals surface area contributed by atoms with Gasteiger partial charge in [0.1, 0.15) is 11.6 Å². The largest absolute Gasteiger partial charge is 0.268 e. The van der Waals surface area contributed by atoms with Gasteiger partial charge in [-0.25, -0.2) is 13.8 Å². The Hall–Kier alpha value is -1.78. The van der Waals surface area contributed by atoms with Gasteiger partial charge in [0.15, 0.2) is 0 Å². The molecule has 2 aromatic rings. The highest BCUT2D eigenvalue weighted by Gasteiger charge is 2.04. The fourth-order valence-corrected chi connectivity index (χ4v) is 1.80. The molecule has 0 unspecified atom stereocenters. The molecule has 2 rings (SSSR count). The van der Waals surface area contributed by atoms with Crippen LogP contribution >= 0.6 is 0 Å². The zero-order valence-corrected chi connectivity index (χ0v) is 9.81. The van der Waals surface area contributed by atoms with Gasteiger partial charge >= 0.3 is 0 Å². The highest BCUT2D eigenvalue weighted by molar-refractivity contribution is 5.18. The van der Waals surface area contributed by atoms with E-state index in [-0.39, 0.29) is 11.6 Å². The number of halogens is 2. The Morgan fingerprint density at radius 2 is 1.28 bits per heavy atom. The van der Waals surface area contributed by atoms with Gasteiger partial charge in [0.25, 0.3) is 0 Å². The molecule has 0 amide bonds. The van der Waals surface area contributed by atoms with E-state index in [1.807, 2.05) is 0 Å². The average Bonchev–Trinajstić information content (AvgIpc) is 2.28. The van der Waals surface area contributed by atoms with Gasteiger partial charge in [0.05, 0.1) is 0 Å². The van der Waals surface area contributed by atoms with Crippen LogP contribution in [0.3, 0.4) is 0 Å². The summed E-state index contributed by atoms with van der Waals surface area (Å²) in [4.78, 5) is 0. The van der Waals surface area contributed by atoms with Crippen molar-refractivity contribution < 1.29 is 8.78 Å². The molecule has 0 aliphatic heterocycles. The van der Waals surface area contributed by atoms with Gasteiger partial charge in [-0.05, 0) is 35.4 Å². The molecule has 94 valence electrons. The summed E-state index contributed by atoms with van der Waals surface area (Å²) in [6, 6.07) is 12.5. The summed E-state index contributed by atoms with van der Waals surface area (Å²) in [5.41, 5.74) is 1.57. The molecule has 0 aliphatic rings. The van der Waals surface area contributed by atoms with Crippen LogP contribution in [0.15, 0.2) is 48.5 Å². The molecule has 0 atom stereocenters. The summed E-state index contributed by atoms with van der Waals surface area (Å²) >= 11 is 0. The molecule has 0 saturated carbocycles. The third-order valence-corrected chi connectivity index (χ3v) is 2.55. The quantitative estimate of drug-likeness (QED) is 0.666. The summed E-state index contributed by atoms with van der Waals surface area (Å²) in [5, 5.41) is 1.52. The molecule has 0 radical (unpaired) electrons.